The number of pyridine rings is 1. The molecule has 2 aromatic rings. The summed E-state index contributed by atoms with van der Waals surface area (Å²) in [7, 11) is 0. The average molecular weight is 311 g/mol. The Hall–Kier alpha value is -1.10. The lowest BCUT2D eigenvalue weighted by Crippen LogP contribution is -1.91. The van der Waals surface area contributed by atoms with Crippen LogP contribution >= 0.6 is 22.6 Å². The molecule has 0 aliphatic carbocycles. The number of rotatable bonds is 2. The van der Waals surface area contributed by atoms with Gasteiger partial charge in [0, 0.05) is 11.8 Å². The highest BCUT2D eigenvalue weighted by Crippen LogP contribution is 2.26. The van der Waals surface area contributed by atoms with Gasteiger partial charge in [0.25, 0.3) is 0 Å². The van der Waals surface area contributed by atoms with Crippen molar-refractivity contribution in [1.82, 2.24) is 4.98 Å². The van der Waals surface area contributed by atoms with E-state index in [-0.39, 0.29) is 0 Å². The molecule has 0 radical (unpaired) electrons. The molecule has 76 valence electrons. The maximum Gasteiger partial charge on any atom is 0.222 e. The molecule has 0 aliphatic heterocycles. The molecule has 3 heteroatoms. The number of aromatic nitrogens is 1. The summed E-state index contributed by atoms with van der Waals surface area (Å²) in [6.07, 6.45) is 1.73. The van der Waals surface area contributed by atoms with E-state index in [2.05, 4.69) is 27.6 Å². The maximum absolute atomic E-state index is 5.72. The van der Waals surface area contributed by atoms with E-state index in [1.807, 2.05) is 43.3 Å². The van der Waals surface area contributed by atoms with E-state index in [0.717, 1.165) is 14.9 Å². The van der Waals surface area contributed by atoms with Gasteiger partial charge in [-0.15, -0.1) is 0 Å². The van der Waals surface area contributed by atoms with Gasteiger partial charge < -0.3 is 4.74 Å². The van der Waals surface area contributed by atoms with Gasteiger partial charge in [0.15, 0.2) is 0 Å². The smallest absolute Gasteiger partial charge is 0.222 e. The summed E-state index contributed by atoms with van der Waals surface area (Å²) in [6, 6.07) is 11.8. The van der Waals surface area contributed by atoms with E-state index in [0.29, 0.717) is 5.88 Å². The Balaban J connectivity index is 2.30. The van der Waals surface area contributed by atoms with E-state index in [1.54, 1.807) is 6.20 Å². The third-order valence-electron chi connectivity index (χ3n) is 2.00. The van der Waals surface area contributed by atoms with Crippen LogP contribution in [0.1, 0.15) is 5.56 Å². The van der Waals surface area contributed by atoms with Crippen LogP contribution in [0.15, 0.2) is 42.6 Å². The summed E-state index contributed by atoms with van der Waals surface area (Å²) in [5, 5.41) is 0. The lowest BCUT2D eigenvalue weighted by atomic mass is 10.3. The van der Waals surface area contributed by atoms with Crippen LogP contribution in [0.2, 0.25) is 0 Å². The van der Waals surface area contributed by atoms with Crippen molar-refractivity contribution in [2.75, 3.05) is 0 Å². The van der Waals surface area contributed by atoms with Crippen LogP contribution in [0.3, 0.4) is 0 Å². The number of hydrogen-bond donors (Lipinski definition) is 0. The standard InChI is InChI=1S/C12H10INO/c1-9-5-4-8-14-12(9)15-11-7-3-2-6-10(11)13/h2-8H,1H3. The predicted molar refractivity (Wildman–Crippen MR) is 68.2 cm³/mol. The van der Waals surface area contributed by atoms with Crippen molar-refractivity contribution in [1.29, 1.82) is 0 Å². The minimum absolute atomic E-state index is 0.668. The summed E-state index contributed by atoms with van der Waals surface area (Å²) in [6.45, 7) is 1.98. The summed E-state index contributed by atoms with van der Waals surface area (Å²) in [4.78, 5) is 4.19. The quantitative estimate of drug-likeness (QED) is 0.787. The topological polar surface area (TPSA) is 22.1 Å². The van der Waals surface area contributed by atoms with Crippen LogP contribution in [-0.2, 0) is 0 Å². The molecule has 2 rings (SSSR count). The number of hydrogen-bond acceptors (Lipinski definition) is 2. The molecule has 0 saturated heterocycles. The SMILES string of the molecule is Cc1cccnc1Oc1ccccc1I. The largest absolute Gasteiger partial charge is 0.438 e. The van der Waals surface area contributed by atoms with Crippen molar-refractivity contribution in [3.05, 3.63) is 51.7 Å². The zero-order valence-corrected chi connectivity index (χ0v) is 10.4. The van der Waals surface area contributed by atoms with Gasteiger partial charge in [-0.2, -0.15) is 0 Å². The molecule has 1 aromatic heterocycles. The molecule has 0 bridgehead atoms. The fourth-order valence-electron chi connectivity index (χ4n) is 1.21. The second-order valence-corrected chi connectivity index (χ2v) is 4.32. The van der Waals surface area contributed by atoms with Gasteiger partial charge in [0.2, 0.25) is 5.88 Å². The monoisotopic (exact) mass is 311 g/mol. The van der Waals surface area contributed by atoms with Gasteiger partial charge in [-0.3, -0.25) is 0 Å². The molecule has 1 heterocycles. The molecule has 0 unspecified atom stereocenters. The Kier molecular flexibility index (Phi) is 3.20. The van der Waals surface area contributed by atoms with Crippen molar-refractivity contribution in [2.24, 2.45) is 0 Å². The molecular formula is C12H10INO. The predicted octanol–water partition coefficient (Wildman–Crippen LogP) is 3.79. The van der Waals surface area contributed by atoms with Crippen LogP contribution in [0, 0.1) is 10.5 Å². The Morgan fingerprint density at radius 2 is 1.93 bits per heavy atom. The Labute approximate surface area is 102 Å². The third-order valence-corrected chi connectivity index (χ3v) is 2.90. The van der Waals surface area contributed by atoms with E-state index in [4.69, 9.17) is 4.74 Å². The fraction of sp³-hybridized carbons (Fsp3) is 0.0833. The molecule has 0 N–H and O–H groups in total. The number of halogens is 1. The van der Waals surface area contributed by atoms with E-state index in [9.17, 15) is 0 Å². The molecule has 0 fully saturated rings. The second kappa shape index (κ2) is 4.61. The molecule has 0 saturated carbocycles. The molecule has 0 aliphatic rings. The summed E-state index contributed by atoms with van der Waals surface area (Å²) < 4.78 is 6.80. The van der Waals surface area contributed by atoms with E-state index >= 15 is 0 Å². The lowest BCUT2D eigenvalue weighted by Gasteiger charge is -2.08. The van der Waals surface area contributed by atoms with Crippen molar-refractivity contribution < 1.29 is 4.74 Å². The third kappa shape index (κ3) is 2.47. The van der Waals surface area contributed by atoms with Crippen molar-refractivity contribution in [3.8, 4) is 11.6 Å². The molecule has 0 spiro atoms. The second-order valence-electron chi connectivity index (χ2n) is 3.16. The minimum Gasteiger partial charge on any atom is -0.438 e. The van der Waals surface area contributed by atoms with Gasteiger partial charge in [-0.05, 0) is 47.7 Å². The zero-order chi connectivity index (χ0) is 10.7. The highest BCUT2D eigenvalue weighted by Gasteiger charge is 2.04. The Morgan fingerprint density at radius 3 is 2.67 bits per heavy atom. The lowest BCUT2D eigenvalue weighted by molar-refractivity contribution is 0.456. The number of benzene rings is 1. The minimum atomic E-state index is 0.668. The highest BCUT2D eigenvalue weighted by atomic mass is 127. The first-order valence-electron chi connectivity index (χ1n) is 4.61. The molecular weight excluding hydrogens is 301 g/mol. The Morgan fingerprint density at radius 1 is 1.13 bits per heavy atom. The van der Waals surface area contributed by atoms with E-state index < -0.39 is 0 Å². The number of nitrogens with zero attached hydrogens (tertiary/aromatic N) is 1. The zero-order valence-electron chi connectivity index (χ0n) is 8.27. The molecule has 1 aromatic carbocycles. The Bertz CT molecular complexity index is 427. The van der Waals surface area contributed by atoms with Crippen LogP contribution in [-0.4, -0.2) is 4.98 Å². The molecule has 0 amide bonds. The van der Waals surface area contributed by atoms with Crippen LogP contribution < -0.4 is 4.74 Å². The molecule has 0 atom stereocenters. The highest BCUT2D eigenvalue weighted by molar-refractivity contribution is 14.1. The van der Waals surface area contributed by atoms with Crippen LogP contribution in [0.5, 0.6) is 11.6 Å². The molecule has 15 heavy (non-hydrogen) atoms. The number of aryl methyl sites for hydroxylation is 1. The summed E-state index contributed by atoms with van der Waals surface area (Å²) in [5.41, 5.74) is 1.04. The van der Waals surface area contributed by atoms with Crippen LogP contribution in [0.4, 0.5) is 0 Å². The van der Waals surface area contributed by atoms with E-state index in [1.165, 1.54) is 0 Å². The van der Waals surface area contributed by atoms with Gasteiger partial charge in [-0.1, -0.05) is 18.2 Å². The normalized spacial score (nSPS) is 10.0. The maximum atomic E-state index is 5.72. The van der Waals surface area contributed by atoms with Crippen LogP contribution in [0.25, 0.3) is 0 Å². The fourth-order valence-corrected chi connectivity index (χ4v) is 1.71. The first-order chi connectivity index (χ1) is 7.27. The first-order valence-corrected chi connectivity index (χ1v) is 5.69. The number of para-hydroxylation sites is 1. The van der Waals surface area contributed by atoms with Gasteiger partial charge in [0.1, 0.15) is 5.75 Å². The van der Waals surface area contributed by atoms with Crippen molar-refractivity contribution in [2.45, 2.75) is 6.92 Å². The van der Waals surface area contributed by atoms with Gasteiger partial charge in [0.05, 0.1) is 3.57 Å². The summed E-state index contributed by atoms with van der Waals surface area (Å²) >= 11 is 2.25. The van der Waals surface area contributed by atoms with Gasteiger partial charge >= 0.3 is 0 Å². The van der Waals surface area contributed by atoms with Crippen molar-refractivity contribution in [3.63, 3.8) is 0 Å². The molecule has 2 nitrogen and oxygen atoms in total. The average Bonchev–Trinajstić information content (AvgIpc) is 2.24. The summed E-state index contributed by atoms with van der Waals surface area (Å²) in [5.74, 6) is 1.52. The van der Waals surface area contributed by atoms with Crippen molar-refractivity contribution >= 4 is 22.6 Å². The first kappa shape index (κ1) is 10.4. The number of ether oxygens (including phenoxy) is 1. The van der Waals surface area contributed by atoms with Gasteiger partial charge in [-0.25, -0.2) is 4.98 Å².